The van der Waals surface area contributed by atoms with Crippen LogP contribution >= 0.6 is 0 Å². The number of hydrogen-bond acceptors (Lipinski definition) is 4. The van der Waals surface area contributed by atoms with E-state index in [4.69, 9.17) is 4.74 Å². The number of hydrogen-bond donors (Lipinski definition) is 2. The molecule has 1 spiro atoms. The molecule has 1 aliphatic carbocycles. The van der Waals surface area contributed by atoms with Crippen LogP contribution in [0.2, 0.25) is 0 Å². The highest BCUT2D eigenvalue weighted by molar-refractivity contribution is 5.81. The summed E-state index contributed by atoms with van der Waals surface area (Å²) in [4.78, 5) is 25.1. The fourth-order valence-corrected chi connectivity index (χ4v) is 3.28. The molecule has 2 fully saturated rings. The zero-order valence-corrected chi connectivity index (χ0v) is 12.3. The van der Waals surface area contributed by atoms with Gasteiger partial charge in [-0.15, -0.1) is 0 Å². The van der Waals surface area contributed by atoms with Gasteiger partial charge in [-0.25, -0.2) is 4.79 Å². The first-order valence-electron chi connectivity index (χ1n) is 6.98. The largest absolute Gasteiger partial charge is 0.481 e. The average Bonchev–Trinajstić information content (AvgIpc) is 2.95. The van der Waals surface area contributed by atoms with Crippen LogP contribution in [0, 0.1) is 10.8 Å². The molecular weight excluding hydrogens is 262 g/mol. The van der Waals surface area contributed by atoms with Crippen molar-refractivity contribution < 1.29 is 24.5 Å². The minimum Gasteiger partial charge on any atom is -0.481 e. The first kappa shape index (κ1) is 15.1. The standard InChI is InChI=1S/C14H23NO5/c1-12(2,3)20-11(19)15-6-4-5-13(8-15)7-14(13,9-16)10(17)18/h16H,4-9H2,1-3H3,(H,17,18). The summed E-state index contributed by atoms with van der Waals surface area (Å²) in [6, 6.07) is 0. The zero-order chi connectivity index (χ0) is 15.2. The van der Waals surface area contributed by atoms with E-state index in [2.05, 4.69) is 0 Å². The van der Waals surface area contributed by atoms with Gasteiger partial charge in [0.2, 0.25) is 0 Å². The zero-order valence-electron chi connectivity index (χ0n) is 12.3. The van der Waals surface area contributed by atoms with Gasteiger partial charge in [-0.05, 0) is 40.0 Å². The second kappa shape index (κ2) is 4.62. The number of carbonyl (C=O) groups excluding carboxylic acids is 1. The van der Waals surface area contributed by atoms with Crippen LogP contribution in [-0.2, 0) is 9.53 Å². The molecule has 1 aliphatic heterocycles. The van der Waals surface area contributed by atoms with Gasteiger partial charge in [0.1, 0.15) is 5.60 Å². The van der Waals surface area contributed by atoms with Crippen LogP contribution in [0.25, 0.3) is 0 Å². The van der Waals surface area contributed by atoms with Crippen LogP contribution in [0.3, 0.4) is 0 Å². The van der Waals surface area contributed by atoms with Crippen molar-refractivity contribution in [1.82, 2.24) is 4.90 Å². The molecule has 0 aromatic rings. The van der Waals surface area contributed by atoms with Crippen LogP contribution in [0.4, 0.5) is 4.79 Å². The third-order valence-corrected chi connectivity index (χ3v) is 4.44. The summed E-state index contributed by atoms with van der Waals surface area (Å²) in [5, 5.41) is 18.8. The van der Waals surface area contributed by atoms with Gasteiger partial charge in [-0.1, -0.05) is 0 Å². The molecule has 2 aliphatic rings. The number of aliphatic hydroxyl groups is 1. The van der Waals surface area contributed by atoms with Crippen LogP contribution in [0.1, 0.15) is 40.0 Å². The van der Waals surface area contributed by atoms with E-state index in [0.29, 0.717) is 19.5 Å². The van der Waals surface area contributed by atoms with Gasteiger partial charge in [0.15, 0.2) is 0 Å². The van der Waals surface area contributed by atoms with Crippen molar-refractivity contribution in [1.29, 1.82) is 0 Å². The number of aliphatic hydroxyl groups excluding tert-OH is 1. The Morgan fingerprint density at radius 2 is 2.00 bits per heavy atom. The van der Waals surface area contributed by atoms with E-state index in [1.165, 1.54) is 0 Å². The van der Waals surface area contributed by atoms with Crippen molar-refractivity contribution in [3.63, 3.8) is 0 Å². The van der Waals surface area contributed by atoms with Crippen LogP contribution in [0.15, 0.2) is 0 Å². The Morgan fingerprint density at radius 1 is 1.35 bits per heavy atom. The molecule has 2 unspecified atom stereocenters. The van der Waals surface area contributed by atoms with Gasteiger partial charge in [0.05, 0.1) is 12.0 Å². The van der Waals surface area contributed by atoms with Gasteiger partial charge in [-0.3, -0.25) is 4.79 Å². The Bertz CT molecular complexity index is 430. The van der Waals surface area contributed by atoms with Crippen molar-refractivity contribution in [3.05, 3.63) is 0 Å². The van der Waals surface area contributed by atoms with E-state index in [0.717, 1.165) is 12.8 Å². The van der Waals surface area contributed by atoms with Crippen molar-refractivity contribution in [2.45, 2.75) is 45.6 Å². The number of piperidine rings is 1. The third kappa shape index (κ3) is 2.37. The number of carboxylic acid groups (broad SMARTS) is 1. The van der Waals surface area contributed by atoms with Gasteiger partial charge in [0.25, 0.3) is 0 Å². The van der Waals surface area contributed by atoms with Gasteiger partial charge in [0, 0.05) is 18.5 Å². The van der Waals surface area contributed by atoms with E-state index >= 15 is 0 Å². The average molecular weight is 285 g/mol. The van der Waals surface area contributed by atoms with Gasteiger partial charge in [-0.2, -0.15) is 0 Å². The summed E-state index contributed by atoms with van der Waals surface area (Å²) in [5.41, 5.74) is -2.12. The van der Waals surface area contributed by atoms with E-state index in [-0.39, 0.29) is 6.61 Å². The summed E-state index contributed by atoms with van der Waals surface area (Å²) in [7, 11) is 0. The Morgan fingerprint density at radius 3 is 2.45 bits per heavy atom. The number of likely N-dealkylation sites (tertiary alicyclic amines) is 1. The predicted octanol–water partition coefficient (Wildman–Crippen LogP) is 1.47. The SMILES string of the molecule is CC(C)(C)OC(=O)N1CCCC2(C1)CC2(CO)C(=O)O. The van der Waals surface area contributed by atoms with Crippen molar-refractivity contribution >= 4 is 12.1 Å². The Balaban J connectivity index is 2.07. The molecule has 1 saturated heterocycles. The Kier molecular flexibility index (Phi) is 3.48. The molecule has 0 radical (unpaired) electrons. The lowest BCUT2D eigenvalue weighted by Gasteiger charge is -2.36. The smallest absolute Gasteiger partial charge is 0.410 e. The highest BCUT2D eigenvalue weighted by Gasteiger charge is 2.72. The number of carbonyl (C=O) groups is 2. The lowest BCUT2D eigenvalue weighted by Crippen LogP contribution is -2.46. The lowest BCUT2D eigenvalue weighted by molar-refractivity contribution is -0.147. The van der Waals surface area contributed by atoms with Gasteiger partial charge < -0.3 is 19.8 Å². The highest BCUT2D eigenvalue weighted by atomic mass is 16.6. The first-order valence-corrected chi connectivity index (χ1v) is 6.98. The maximum atomic E-state index is 12.1. The second-order valence-corrected chi connectivity index (χ2v) is 7.01. The number of carboxylic acids is 1. The minimum absolute atomic E-state index is 0.356. The van der Waals surface area contributed by atoms with Crippen molar-refractivity contribution in [2.24, 2.45) is 10.8 Å². The van der Waals surface area contributed by atoms with Crippen molar-refractivity contribution in [2.75, 3.05) is 19.7 Å². The molecule has 1 saturated carbocycles. The molecule has 0 aromatic heterocycles. The molecule has 20 heavy (non-hydrogen) atoms. The maximum Gasteiger partial charge on any atom is 0.410 e. The molecule has 1 amide bonds. The number of nitrogens with zero attached hydrogens (tertiary/aromatic N) is 1. The topological polar surface area (TPSA) is 87.1 Å². The van der Waals surface area contributed by atoms with E-state index < -0.39 is 28.5 Å². The number of aliphatic carboxylic acids is 1. The molecule has 2 atom stereocenters. The van der Waals surface area contributed by atoms with Crippen LogP contribution < -0.4 is 0 Å². The molecule has 2 N–H and O–H groups in total. The molecule has 114 valence electrons. The summed E-state index contributed by atoms with van der Waals surface area (Å²) < 4.78 is 5.34. The third-order valence-electron chi connectivity index (χ3n) is 4.44. The quantitative estimate of drug-likeness (QED) is 0.802. The monoisotopic (exact) mass is 285 g/mol. The van der Waals surface area contributed by atoms with Crippen LogP contribution in [0.5, 0.6) is 0 Å². The van der Waals surface area contributed by atoms with E-state index in [1.807, 2.05) is 0 Å². The predicted molar refractivity (Wildman–Crippen MR) is 71.2 cm³/mol. The molecule has 1 heterocycles. The summed E-state index contributed by atoms with van der Waals surface area (Å²) in [5.74, 6) is -0.967. The molecule has 0 aromatic carbocycles. The molecule has 0 bridgehead atoms. The Hall–Kier alpha value is -1.30. The molecule has 6 nitrogen and oxygen atoms in total. The van der Waals surface area contributed by atoms with Crippen LogP contribution in [-0.4, -0.2) is 52.5 Å². The summed E-state index contributed by atoms with van der Waals surface area (Å²) >= 11 is 0. The number of rotatable bonds is 2. The highest BCUT2D eigenvalue weighted by Crippen LogP contribution is 2.67. The van der Waals surface area contributed by atoms with Gasteiger partial charge >= 0.3 is 12.1 Å². The number of ether oxygens (including phenoxy) is 1. The minimum atomic E-state index is -1.08. The normalized spacial score (nSPS) is 33.1. The second-order valence-electron chi connectivity index (χ2n) is 7.01. The van der Waals surface area contributed by atoms with E-state index in [1.54, 1.807) is 25.7 Å². The molecule has 2 rings (SSSR count). The lowest BCUT2D eigenvalue weighted by atomic mass is 9.86. The summed E-state index contributed by atoms with van der Waals surface area (Å²) in [6.07, 6.45) is 1.51. The summed E-state index contributed by atoms with van der Waals surface area (Å²) in [6.45, 7) is 5.97. The van der Waals surface area contributed by atoms with Crippen molar-refractivity contribution in [3.8, 4) is 0 Å². The van der Waals surface area contributed by atoms with E-state index in [9.17, 15) is 19.8 Å². The molecule has 6 heteroatoms. The Labute approximate surface area is 118 Å². The first-order chi connectivity index (χ1) is 9.16. The maximum absolute atomic E-state index is 12.1. The number of amides is 1. The fraction of sp³-hybridized carbons (Fsp3) is 0.857. The fourth-order valence-electron chi connectivity index (χ4n) is 3.28. The molecular formula is C14H23NO5.